The Hall–Kier alpha value is -2.07. The van der Waals surface area contributed by atoms with Crippen LogP contribution in [-0.2, 0) is 11.5 Å². The zero-order valence-electron chi connectivity index (χ0n) is 12.7. The van der Waals surface area contributed by atoms with Gasteiger partial charge in [-0.3, -0.25) is 13.9 Å². The van der Waals surface area contributed by atoms with Crippen molar-refractivity contribution in [1.82, 2.24) is 9.97 Å². The van der Waals surface area contributed by atoms with E-state index in [-0.39, 0.29) is 28.2 Å². The molecule has 2 heterocycles. The molecular formula is C14H16ClN5O3S. The number of amides is 1. The van der Waals surface area contributed by atoms with Crippen molar-refractivity contribution < 1.29 is 13.9 Å². The number of fused-ring (bicyclic) bond motifs is 1. The van der Waals surface area contributed by atoms with Crippen LogP contribution in [0.25, 0.3) is 0 Å². The molecule has 24 heavy (non-hydrogen) atoms. The standard InChI is InChI=1S/C14H16ClN5O3S/c1-17-14-11(15)19-10(12(16)21)13(20-14)18-9-3-2-7-5-24(22,23)6-8(7)4-9/h2-4,22-23H,5-6H2,1H3,(H2,16,21)(H2,17,18,20). The molecule has 0 fully saturated rings. The van der Waals surface area contributed by atoms with Crippen LogP contribution in [0.5, 0.6) is 0 Å². The third-order valence-corrected chi connectivity index (χ3v) is 5.38. The first-order valence-electron chi connectivity index (χ1n) is 6.96. The van der Waals surface area contributed by atoms with Gasteiger partial charge >= 0.3 is 0 Å². The van der Waals surface area contributed by atoms with Gasteiger partial charge in [0.15, 0.2) is 22.5 Å². The lowest BCUT2D eigenvalue weighted by Crippen LogP contribution is -2.17. The number of carbonyl (C=O) groups excluding carboxylic acids is 1. The number of nitrogens with two attached hydrogens (primary N) is 1. The smallest absolute Gasteiger partial charge is 0.271 e. The van der Waals surface area contributed by atoms with Crippen molar-refractivity contribution in [3.05, 3.63) is 40.2 Å². The molecule has 0 bridgehead atoms. The predicted octanol–water partition coefficient (Wildman–Crippen LogP) is 2.78. The number of aromatic nitrogens is 2. The summed E-state index contributed by atoms with van der Waals surface area (Å²) in [5, 5.41) is 5.81. The van der Waals surface area contributed by atoms with Crippen LogP contribution in [0.15, 0.2) is 18.2 Å². The summed E-state index contributed by atoms with van der Waals surface area (Å²) in [6, 6.07) is 5.36. The highest BCUT2D eigenvalue weighted by atomic mass is 35.5. The lowest BCUT2D eigenvalue weighted by Gasteiger charge is -2.25. The molecule has 3 rings (SSSR count). The molecule has 1 amide bonds. The average molecular weight is 370 g/mol. The summed E-state index contributed by atoms with van der Waals surface area (Å²) in [5.41, 5.74) is 7.62. The first kappa shape index (κ1) is 16.8. The van der Waals surface area contributed by atoms with E-state index in [0.717, 1.165) is 11.1 Å². The van der Waals surface area contributed by atoms with Crippen molar-refractivity contribution in [2.75, 3.05) is 17.7 Å². The van der Waals surface area contributed by atoms with Crippen molar-refractivity contribution in [3.8, 4) is 0 Å². The number of halogens is 1. The molecule has 6 N–H and O–H groups in total. The number of rotatable bonds is 4. The second-order valence-electron chi connectivity index (χ2n) is 5.37. The van der Waals surface area contributed by atoms with Gasteiger partial charge < -0.3 is 16.4 Å². The van der Waals surface area contributed by atoms with E-state index >= 15 is 0 Å². The molecule has 0 radical (unpaired) electrons. The summed E-state index contributed by atoms with van der Waals surface area (Å²) in [7, 11) is -0.961. The van der Waals surface area contributed by atoms with Gasteiger partial charge in [-0.25, -0.2) is 9.97 Å². The van der Waals surface area contributed by atoms with Crippen LogP contribution in [-0.4, -0.2) is 32.0 Å². The van der Waals surface area contributed by atoms with Crippen LogP contribution >= 0.6 is 22.2 Å². The van der Waals surface area contributed by atoms with Crippen LogP contribution in [0, 0.1) is 0 Å². The molecule has 10 heteroatoms. The molecular weight excluding hydrogens is 354 g/mol. The summed E-state index contributed by atoms with van der Waals surface area (Å²) in [6.45, 7) is 0. The molecule has 0 saturated carbocycles. The normalized spacial score (nSPS) is 16.3. The lowest BCUT2D eigenvalue weighted by molar-refractivity contribution is 0.0996. The maximum Gasteiger partial charge on any atom is 0.271 e. The van der Waals surface area contributed by atoms with Gasteiger partial charge in [0.2, 0.25) is 0 Å². The Balaban J connectivity index is 1.96. The number of nitrogens with one attached hydrogen (secondary N) is 2. The van der Waals surface area contributed by atoms with Gasteiger partial charge in [-0.2, -0.15) is 10.6 Å². The van der Waals surface area contributed by atoms with E-state index in [1.807, 2.05) is 6.07 Å². The Morgan fingerprint density at radius 2 is 1.96 bits per heavy atom. The molecule has 1 aliphatic heterocycles. The van der Waals surface area contributed by atoms with Crippen LogP contribution in [0.2, 0.25) is 5.15 Å². The number of nitrogens with zero attached hydrogens (tertiary/aromatic N) is 2. The molecule has 0 saturated heterocycles. The Labute approximate surface area is 144 Å². The minimum absolute atomic E-state index is 0.0414. The highest BCUT2D eigenvalue weighted by Crippen LogP contribution is 2.52. The van der Waals surface area contributed by atoms with Crippen molar-refractivity contribution in [2.24, 2.45) is 5.73 Å². The van der Waals surface area contributed by atoms with Crippen LogP contribution in [0.3, 0.4) is 0 Å². The van der Waals surface area contributed by atoms with Gasteiger partial charge in [-0.05, 0) is 23.3 Å². The molecule has 8 nitrogen and oxygen atoms in total. The van der Waals surface area contributed by atoms with Crippen LogP contribution in [0.4, 0.5) is 17.3 Å². The summed E-state index contributed by atoms with van der Waals surface area (Å²) in [6.07, 6.45) is 0. The average Bonchev–Trinajstić information content (AvgIpc) is 2.81. The lowest BCUT2D eigenvalue weighted by atomic mass is 10.1. The number of hydrogen-bond acceptors (Lipinski definition) is 7. The van der Waals surface area contributed by atoms with Crippen molar-refractivity contribution in [2.45, 2.75) is 11.5 Å². The summed E-state index contributed by atoms with van der Waals surface area (Å²) >= 11 is 5.93. The van der Waals surface area contributed by atoms with Gasteiger partial charge in [0, 0.05) is 12.7 Å². The molecule has 0 unspecified atom stereocenters. The maximum atomic E-state index is 11.6. The third-order valence-electron chi connectivity index (χ3n) is 3.57. The molecule has 0 aliphatic carbocycles. The summed E-state index contributed by atoms with van der Waals surface area (Å²) in [4.78, 5) is 19.8. The topological polar surface area (TPSA) is 133 Å². The van der Waals surface area contributed by atoms with Crippen molar-refractivity contribution >= 4 is 45.4 Å². The minimum Gasteiger partial charge on any atom is -0.371 e. The first-order chi connectivity index (χ1) is 11.3. The van der Waals surface area contributed by atoms with Crippen molar-refractivity contribution in [3.63, 3.8) is 0 Å². The second-order valence-corrected chi connectivity index (χ2v) is 7.91. The third kappa shape index (κ3) is 3.24. The maximum absolute atomic E-state index is 11.6. The molecule has 1 aromatic carbocycles. The van der Waals surface area contributed by atoms with Gasteiger partial charge in [0.05, 0.1) is 11.5 Å². The largest absolute Gasteiger partial charge is 0.371 e. The Kier molecular flexibility index (Phi) is 4.26. The predicted molar refractivity (Wildman–Crippen MR) is 95.1 cm³/mol. The fraction of sp³-hybridized carbons (Fsp3) is 0.214. The molecule has 128 valence electrons. The van der Waals surface area contributed by atoms with E-state index in [0.29, 0.717) is 11.5 Å². The number of benzene rings is 1. The van der Waals surface area contributed by atoms with Gasteiger partial charge in [-0.15, -0.1) is 0 Å². The minimum atomic E-state index is -2.59. The monoisotopic (exact) mass is 369 g/mol. The van der Waals surface area contributed by atoms with Crippen molar-refractivity contribution in [1.29, 1.82) is 0 Å². The number of anilines is 3. The fourth-order valence-corrected chi connectivity index (χ4v) is 4.37. The highest BCUT2D eigenvalue weighted by molar-refractivity contribution is 8.23. The van der Waals surface area contributed by atoms with Crippen LogP contribution < -0.4 is 16.4 Å². The molecule has 2 aromatic rings. The van der Waals surface area contributed by atoms with Gasteiger partial charge in [0.25, 0.3) is 5.91 Å². The number of carbonyl (C=O) groups is 1. The van der Waals surface area contributed by atoms with E-state index in [1.165, 1.54) is 0 Å². The molecule has 0 atom stereocenters. The highest BCUT2D eigenvalue weighted by Gasteiger charge is 2.25. The van der Waals surface area contributed by atoms with E-state index < -0.39 is 16.5 Å². The van der Waals surface area contributed by atoms with Gasteiger partial charge in [-0.1, -0.05) is 17.7 Å². The molecule has 1 aromatic heterocycles. The quantitative estimate of drug-likeness (QED) is 0.559. The second kappa shape index (κ2) is 6.10. The first-order valence-corrected chi connectivity index (χ1v) is 9.23. The summed E-state index contributed by atoms with van der Waals surface area (Å²) in [5.74, 6) is 0.194. The molecule has 1 aliphatic rings. The Bertz CT molecular complexity index is 830. The zero-order chi connectivity index (χ0) is 17.5. The van der Waals surface area contributed by atoms with E-state index in [2.05, 4.69) is 20.6 Å². The summed E-state index contributed by atoms with van der Waals surface area (Å²) < 4.78 is 19.6. The van der Waals surface area contributed by atoms with E-state index in [1.54, 1.807) is 19.2 Å². The fourth-order valence-electron chi connectivity index (χ4n) is 2.50. The Morgan fingerprint density at radius 3 is 2.62 bits per heavy atom. The number of primary amides is 1. The Morgan fingerprint density at radius 1 is 1.25 bits per heavy atom. The van der Waals surface area contributed by atoms with Gasteiger partial charge in [0.1, 0.15) is 0 Å². The number of hydrogen-bond donors (Lipinski definition) is 5. The van der Waals surface area contributed by atoms with E-state index in [4.69, 9.17) is 17.3 Å². The van der Waals surface area contributed by atoms with E-state index in [9.17, 15) is 13.9 Å². The zero-order valence-corrected chi connectivity index (χ0v) is 14.3. The molecule has 0 spiro atoms. The SMILES string of the molecule is CNc1nc(Nc2ccc3c(c2)CS(O)(O)C3)c(C(N)=O)nc1Cl. The van der Waals surface area contributed by atoms with Crippen LogP contribution in [0.1, 0.15) is 21.6 Å².